The van der Waals surface area contributed by atoms with Gasteiger partial charge >= 0.3 is 24.7 Å². The summed E-state index contributed by atoms with van der Waals surface area (Å²) < 4.78 is 165. The summed E-state index contributed by atoms with van der Waals surface area (Å²) in [6, 6.07) is 16.0. The fraction of sp³-hybridized carbons (Fsp3) is 0.450. The number of hydrogen-bond acceptors (Lipinski definition) is 0. The van der Waals surface area contributed by atoms with Crippen LogP contribution in [0.15, 0.2) is 78.9 Å². The molecule has 0 amide bonds. The van der Waals surface area contributed by atoms with Crippen LogP contribution in [0.2, 0.25) is 0 Å². The Bertz CT molecular complexity index is 1620. The van der Waals surface area contributed by atoms with Gasteiger partial charge in [-0.25, -0.2) is 12.1 Å². The van der Waals surface area contributed by atoms with Gasteiger partial charge in [-0.1, -0.05) is 62.6 Å². The van der Waals surface area contributed by atoms with Crippen molar-refractivity contribution in [3.63, 3.8) is 0 Å². The van der Waals surface area contributed by atoms with E-state index in [4.69, 9.17) is 0 Å². The molecule has 0 N–H and O–H groups in total. The van der Waals surface area contributed by atoms with Gasteiger partial charge in [-0.05, 0) is 89.7 Å². The molecule has 3 unspecified atom stereocenters. The largest absolute Gasteiger partial charge is 0.748 e. The number of halogens is 12. The van der Waals surface area contributed by atoms with Gasteiger partial charge in [-0.15, -0.1) is 24.1 Å². The van der Waals surface area contributed by atoms with Crippen molar-refractivity contribution in [2.24, 2.45) is 0 Å². The number of benzene rings is 2. The van der Waals surface area contributed by atoms with E-state index in [0.717, 1.165) is 64.2 Å². The van der Waals surface area contributed by atoms with E-state index in [1.54, 1.807) is 12.1 Å². The van der Waals surface area contributed by atoms with Gasteiger partial charge in [-0.2, -0.15) is 52.7 Å². The van der Waals surface area contributed by atoms with Crippen LogP contribution in [0.3, 0.4) is 0 Å². The predicted molar refractivity (Wildman–Crippen MR) is 201 cm³/mol. The minimum atomic E-state index is -5.05. The van der Waals surface area contributed by atoms with Crippen LogP contribution < -0.4 is 21.2 Å². The SMILES string of the molecule is CC([c-]1c(Pc2cc(C(F)(F)F)cc(C(F)(F)F)c2)ccc1Pc1cc(C(F)(F)F)cc(C(F)(F)F)c1)P(C1CCCCC1)C1CCCCC1.[Fe].[cH-]1[cH-][cH-][cH-][cH-]1. The first kappa shape index (κ1) is 46.8. The smallest absolute Gasteiger partial charge is 0.416 e. The van der Waals surface area contributed by atoms with Crippen LogP contribution in [-0.2, 0) is 41.8 Å². The Labute approximate surface area is 334 Å². The molecule has 0 spiro atoms. The van der Waals surface area contributed by atoms with E-state index in [1.807, 2.05) is 37.3 Å². The van der Waals surface area contributed by atoms with E-state index in [2.05, 4.69) is 0 Å². The Kier molecular flexibility index (Phi) is 16.3. The van der Waals surface area contributed by atoms with Gasteiger partial charge in [0.2, 0.25) is 0 Å². The zero-order chi connectivity index (χ0) is 40.2. The van der Waals surface area contributed by atoms with Gasteiger partial charge in [0.05, 0.1) is 22.3 Å². The molecule has 0 aliphatic heterocycles. The summed E-state index contributed by atoms with van der Waals surface area (Å²) in [6.45, 7) is 1.99. The molecule has 4 aromatic carbocycles. The molecule has 2 saturated carbocycles. The van der Waals surface area contributed by atoms with E-state index in [-0.39, 0.29) is 45.5 Å². The molecular formula is C40H41F12FeP3-6. The summed E-state index contributed by atoms with van der Waals surface area (Å²) in [5, 5.41) is 0.516. The molecule has 0 radical (unpaired) electrons. The quantitative estimate of drug-likeness (QED) is 0.0715. The second-order valence-corrected chi connectivity index (χ2v) is 19.9. The van der Waals surface area contributed by atoms with Crippen LogP contribution in [0.4, 0.5) is 52.7 Å². The minimum absolute atomic E-state index is 0. The molecule has 16 heteroatoms. The van der Waals surface area contributed by atoms with Gasteiger partial charge in [0.15, 0.2) is 0 Å². The van der Waals surface area contributed by atoms with Crippen LogP contribution in [-0.4, -0.2) is 11.3 Å². The normalized spacial score (nSPS) is 17.4. The fourth-order valence-corrected chi connectivity index (χ4v) is 15.2. The van der Waals surface area contributed by atoms with E-state index in [0.29, 0.717) is 51.8 Å². The molecule has 2 fully saturated rings. The van der Waals surface area contributed by atoms with Crippen LogP contribution >= 0.6 is 25.1 Å². The van der Waals surface area contributed by atoms with Crippen LogP contribution in [0.5, 0.6) is 0 Å². The molecule has 3 atom stereocenters. The van der Waals surface area contributed by atoms with E-state index >= 15 is 0 Å². The number of rotatable bonds is 8. The minimum Gasteiger partial charge on any atom is -0.748 e. The molecule has 2 aliphatic carbocycles. The average molecular weight is 899 g/mol. The van der Waals surface area contributed by atoms with Crippen LogP contribution in [0, 0.1) is 0 Å². The van der Waals surface area contributed by atoms with E-state index < -0.39 is 72.0 Å². The third kappa shape index (κ3) is 12.6. The molecule has 0 saturated heterocycles. The van der Waals surface area contributed by atoms with Crippen molar-refractivity contribution in [1.29, 1.82) is 0 Å². The summed E-state index contributed by atoms with van der Waals surface area (Å²) in [6.07, 6.45) is -9.99. The number of alkyl halides is 12. The zero-order valence-corrected chi connectivity index (χ0v) is 34.1. The Balaban J connectivity index is 0.00000107. The van der Waals surface area contributed by atoms with Crippen molar-refractivity contribution in [1.82, 2.24) is 0 Å². The van der Waals surface area contributed by atoms with E-state index in [9.17, 15) is 52.7 Å². The molecule has 4 aromatic rings. The van der Waals surface area contributed by atoms with Crippen molar-refractivity contribution in [2.75, 3.05) is 0 Å². The van der Waals surface area contributed by atoms with Gasteiger partial charge in [0.1, 0.15) is 0 Å². The molecule has 2 aliphatic rings. The molecule has 314 valence electrons. The molecule has 0 heterocycles. The maximum atomic E-state index is 13.8. The van der Waals surface area contributed by atoms with Crippen LogP contribution in [0.25, 0.3) is 0 Å². The molecule has 0 aromatic heterocycles. The standard InChI is InChI=1S/C35H36F12P3.C5H5.Fe/c1-20(50(27-8-4-2-5-9-27)28-10-6-3-7-11-28)31-29(48-25-16-21(32(36,37)38)14-22(17-25)33(39,40)41)12-13-30(31)49-26-18-23(34(42,43)44)15-24(19-26)35(45,46)47;1-2-4-5-3-1;/h12-20,27-28,48-49H,2-11H2,1H3;1-5H;/q-1;-5;. The summed E-state index contributed by atoms with van der Waals surface area (Å²) in [4.78, 5) is 0. The maximum Gasteiger partial charge on any atom is 0.416 e. The summed E-state index contributed by atoms with van der Waals surface area (Å²) in [7, 11) is -2.11. The Hall–Kier alpha value is -1.89. The van der Waals surface area contributed by atoms with Gasteiger partial charge in [-0.3, -0.25) is 0 Å². The van der Waals surface area contributed by atoms with Crippen molar-refractivity contribution in [2.45, 2.75) is 113 Å². The summed E-state index contributed by atoms with van der Waals surface area (Å²) in [5.41, 5.74) is -4.67. The maximum absolute atomic E-state index is 13.8. The molecule has 56 heavy (non-hydrogen) atoms. The van der Waals surface area contributed by atoms with Gasteiger partial charge in [0, 0.05) is 17.1 Å². The molecule has 6 rings (SSSR count). The van der Waals surface area contributed by atoms with Crippen molar-refractivity contribution in [3.8, 4) is 0 Å². The first-order valence-electron chi connectivity index (χ1n) is 18.1. The third-order valence-electron chi connectivity index (χ3n) is 10.1. The Morgan fingerprint density at radius 2 is 0.804 bits per heavy atom. The monoisotopic (exact) mass is 898 g/mol. The predicted octanol–water partition coefficient (Wildman–Crippen LogP) is 13.4. The second-order valence-electron chi connectivity index (χ2n) is 14.1. The van der Waals surface area contributed by atoms with Crippen molar-refractivity contribution >= 4 is 46.3 Å². The van der Waals surface area contributed by atoms with Gasteiger partial charge < -0.3 is 30.3 Å². The first-order chi connectivity index (χ1) is 25.7. The van der Waals surface area contributed by atoms with Crippen molar-refractivity contribution in [3.05, 3.63) is 107 Å². The molecule has 0 nitrogen and oxygen atoms in total. The Morgan fingerprint density at radius 1 is 0.518 bits per heavy atom. The topological polar surface area (TPSA) is 0 Å². The van der Waals surface area contributed by atoms with Crippen molar-refractivity contribution < 1.29 is 69.8 Å². The fourth-order valence-electron chi connectivity index (χ4n) is 7.68. The Morgan fingerprint density at radius 3 is 1.07 bits per heavy atom. The number of hydrogen-bond donors (Lipinski definition) is 0. The summed E-state index contributed by atoms with van der Waals surface area (Å²) >= 11 is 0. The van der Waals surface area contributed by atoms with E-state index in [1.165, 1.54) is 0 Å². The molecular weight excluding hydrogens is 857 g/mol. The zero-order valence-electron chi connectivity index (χ0n) is 30.1. The second kappa shape index (κ2) is 19.4. The third-order valence-corrected chi connectivity index (χ3v) is 16.6. The van der Waals surface area contributed by atoms with Crippen LogP contribution in [0.1, 0.15) is 105 Å². The average Bonchev–Trinajstić information content (AvgIpc) is 3.82. The first-order valence-corrected chi connectivity index (χ1v) is 21.6. The molecule has 0 bridgehead atoms. The van der Waals surface area contributed by atoms with Gasteiger partial charge in [0.25, 0.3) is 0 Å². The summed E-state index contributed by atoms with van der Waals surface area (Å²) in [5.74, 6) is 0.